The zero-order chi connectivity index (χ0) is 14.0. The van der Waals surface area contributed by atoms with E-state index >= 15 is 0 Å². The van der Waals surface area contributed by atoms with Gasteiger partial charge in [0.15, 0.2) is 0 Å². The van der Waals surface area contributed by atoms with Gasteiger partial charge in [0.05, 0.1) is 17.5 Å². The van der Waals surface area contributed by atoms with Crippen LogP contribution >= 0.6 is 0 Å². The molecular weight excluding hydrogens is 259 g/mol. The first-order valence-electron chi connectivity index (χ1n) is 5.36. The minimum atomic E-state index is -4.35. The molecule has 0 aliphatic rings. The molecule has 0 saturated heterocycles. The van der Waals surface area contributed by atoms with Gasteiger partial charge >= 0.3 is 6.18 Å². The molecule has 1 heterocycles. The van der Waals surface area contributed by atoms with Gasteiger partial charge in [-0.15, -0.1) is 0 Å². The highest BCUT2D eigenvalue weighted by Crippen LogP contribution is 2.30. The highest BCUT2D eigenvalue weighted by Gasteiger charge is 2.29. The molecule has 0 aliphatic carbocycles. The molecule has 0 spiro atoms. The topological polar surface area (TPSA) is 57.8 Å². The first kappa shape index (κ1) is 13.1. The van der Waals surface area contributed by atoms with E-state index in [0.29, 0.717) is 11.3 Å². The number of aromatic amines is 1. The predicted octanol–water partition coefficient (Wildman–Crippen LogP) is 3.05. The van der Waals surface area contributed by atoms with E-state index in [4.69, 9.17) is 0 Å². The molecule has 0 radical (unpaired) electrons. The van der Waals surface area contributed by atoms with Crippen LogP contribution in [0.4, 0.5) is 19.1 Å². The minimum Gasteiger partial charge on any atom is -0.324 e. The summed E-state index contributed by atoms with van der Waals surface area (Å²) in [5, 5.41) is 2.44. The summed E-state index contributed by atoms with van der Waals surface area (Å²) in [4.78, 5) is 17.5. The van der Waals surface area contributed by atoms with E-state index in [-0.39, 0.29) is 11.9 Å². The Labute approximate surface area is 106 Å². The highest BCUT2D eigenvalue weighted by molar-refractivity contribution is 5.87. The van der Waals surface area contributed by atoms with Crippen molar-refractivity contribution in [3.05, 3.63) is 36.0 Å². The van der Waals surface area contributed by atoms with E-state index in [1.54, 1.807) is 0 Å². The number of anilines is 1. The summed E-state index contributed by atoms with van der Waals surface area (Å²) in [6.07, 6.45) is -2.91. The molecule has 0 atom stereocenters. The Morgan fingerprint density at radius 2 is 1.89 bits per heavy atom. The number of H-pyrrole nitrogens is 1. The fourth-order valence-corrected chi connectivity index (χ4v) is 1.54. The van der Waals surface area contributed by atoms with Crippen molar-refractivity contribution in [2.45, 2.75) is 13.1 Å². The van der Waals surface area contributed by atoms with Gasteiger partial charge < -0.3 is 4.98 Å². The third kappa shape index (κ3) is 3.12. The maximum Gasteiger partial charge on any atom is 0.416 e. The summed E-state index contributed by atoms with van der Waals surface area (Å²) in [5.74, 6) is -0.0317. The van der Waals surface area contributed by atoms with E-state index in [2.05, 4.69) is 15.3 Å². The number of nitrogens with zero attached hydrogens (tertiary/aromatic N) is 1. The predicted molar refractivity (Wildman–Crippen MR) is 63.3 cm³/mol. The van der Waals surface area contributed by atoms with Crippen molar-refractivity contribution in [2.75, 3.05) is 5.32 Å². The number of rotatable bonds is 2. The van der Waals surface area contributed by atoms with Gasteiger partial charge in [-0.05, 0) is 17.7 Å². The van der Waals surface area contributed by atoms with Gasteiger partial charge in [0.25, 0.3) is 0 Å². The van der Waals surface area contributed by atoms with E-state index in [1.807, 2.05) is 0 Å². The van der Waals surface area contributed by atoms with Crippen LogP contribution in [0.1, 0.15) is 12.5 Å². The number of benzene rings is 1. The summed E-state index contributed by atoms with van der Waals surface area (Å²) in [6, 6.07) is 4.67. The van der Waals surface area contributed by atoms with E-state index in [1.165, 1.54) is 25.3 Å². The highest BCUT2D eigenvalue weighted by atomic mass is 19.4. The quantitative estimate of drug-likeness (QED) is 0.880. The Morgan fingerprint density at radius 3 is 2.42 bits per heavy atom. The second-order valence-electron chi connectivity index (χ2n) is 3.90. The first-order valence-corrected chi connectivity index (χ1v) is 5.36. The van der Waals surface area contributed by atoms with Crippen LogP contribution in [-0.4, -0.2) is 15.9 Å². The second-order valence-corrected chi connectivity index (χ2v) is 3.90. The van der Waals surface area contributed by atoms with Gasteiger partial charge in [0.1, 0.15) is 0 Å². The van der Waals surface area contributed by atoms with Gasteiger partial charge in [-0.3, -0.25) is 10.1 Å². The van der Waals surface area contributed by atoms with Crippen LogP contribution in [-0.2, 0) is 11.0 Å². The van der Waals surface area contributed by atoms with Crippen LogP contribution in [0.3, 0.4) is 0 Å². The molecule has 4 nitrogen and oxygen atoms in total. The van der Waals surface area contributed by atoms with E-state index in [9.17, 15) is 18.0 Å². The lowest BCUT2D eigenvalue weighted by atomic mass is 10.1. The lowest BCUT2D eigenvalue weighted by Gasteiger charge is -2.06. The number of nitrogens with one attached hydrogen (secondary N) is 2. The number of amides is 1. The summed E-state index contributed by atoms with van der Waals surface area (Å²) >= 11 is 0. The van der Waals surface area contributed by atoms with Crippen molar-refractivity contribution in [1.82, 2.24) is 9.97 Å². The van der Waals surface area contributed by atoms with Crippen LogP contribution in [0, 0.1) is 0 Å². The molecule has 1 amide bonds. The number of carbonyl (C=O) groups excluding carboxylic acids is 1. The van der Waals surface area contributed by atoms with Crippen molar-refractivity contribution < 1.29 is 18.0 Å². The molecule has 100 valence electrons. The zero-order valence-electron chi connectivity index (χ0n) is 9.88. The molecular formula is C12H10F3N3O. The molecule has 2 rings (SSSR count). The molecule has 2 N–H and O–H groups in total. The Morgan fingerprint density at radius 1 is 1.26 bits per heavy atom. The van der Waals surface area contributed by atoms with Gasteiger partial charge in [0, 0.05) is 6.92 Å². The van der Waals surface area contributed by atoms with Gasteiger partial charge in [-0.25, -0.2) is 4.98 Å². The SMILES string of the molecule is CC(=O)Nc1ncc(-c2ccc(C(F)(F)F)cc2)[nH]1. The minimum absolute atomic E-state index is 0.252. The van der Waals surface area contributed by atoms with Crippen molar-refractivity contribution in [1.29, 1.82) is 0 Å². The van der Waals surface area contributed by atoms with E-state index < -0.39 is 11.7 Å². The lowest BCUT2D eigenvalue weighted by Crippen LogP contribution is -2.06. The van der Waals surface area contributed by atoms with Crippen LogP contribution < -0.4 is 5.32 Å². The molecule has 0 saturated carbocycles. The Hall–Kier alpha value is -2.31. The average Bonchev–Trinajstić information content (AvgIpc) is 2.75. The fraction of sp³-hybridized carbons (Fsp3) is 0.167. The van der Waals surface area contributed by atoms with Crippen LogP contribution in [0.15, 0.2) is 30.5 Å². The third-order valence-electron chi connectivity index (χ3n) is 2.39. The van der Waals surface area contributed by atoms with E-state index in [0.717, 1.165) is 12.1 Å². The number of hydrogen-bond acceptors (Lipinski definition) is 2. The molecule has 7 heteroatoms. The molecule has 0 fully saturated rings. The Kier molecular flexibility index (Phi) is 3.28. The number of hydrogen-bond donors (Lipinski definition) is 2. The first-order chi connectivity index (χ1) is 8.86. The zero-order valence-corrected chi connectivity index (χ0v) is 9.88. The number of carbonyl (C=O) groups is 1. The number of alkyl halides is 3. The standard InChI is InChI=1S/C12H10F3N3O/c1-7(19)17-11-16-6-10(18-11)8-2-4-9(5-3-8)12(13,14)15/h2-6H,1H3,(H2,16,17,18,19). The molecule has 1 aromatic carbocycles. The monoisotopic (exact) mass is 269 g/mol. The maximum atomic E-state index is 12.4. The molecule has 0 aliphatic heterocycles. The van der Waals surface area contributed by atoms with Gasteiger partial charge in [-0.1, -0.05) is 12.1 Å². The summed E-state index contributed by atoms with van der Waals surface area (Å²) in [6.45, 7) is 1.33. The van der Waals surface area contributed by atoms with Gasteiger partial charge in [0.2, 0.25) is 11.9 Å². The Balaban J connectivity index is 2.23. The largest absolute Gasteiger partial charge is 0.416 e. The van der Waals surface area contributed by atoms with Crippen molar-refractivity contribution in [3.63, 3.8) is 0 Å². The van der Waals surface area contributed by atoms with Crippen LogP contribution in [0.25, 0.3) is 11.3 Å². The number of imidazole rings is 1. The average molecular weight is 269 g/mol. The van der Waals surface area contributed by atoms with Crippen LogP contribution in [0.5, 0.6) is 0 Å². The van der Waals surface area contributed by atoms with Crippen molar-refractivity contribution >= 4 is 11.9 Å². The molecule has 0 unspecified atom stereocenters. The normalized spacial score (nSPS) is 11.4. The second kappa shape index (κ2) is 4.75. The number of halogens is 3. The molecule has 0 bridgehead atoms. The lowest BCUT2D eigenvalue weighted by molar-refractivity contribution is -0.137. The summed E-state index contributed by atoms with van der Waals surface area (Å²) in [7, 11) is 0. The molecule has 19 heavy (non-hydrogen) atoms. The smallest absolute Gasteiger partial charge is 0.324 e. The third-order valence-corrected chi connectivity index (χ3v) is 2.39. The Bertz CT molecular complexity index is 587. The fourth-order valence-electron chi connectivity index (χ4n) is 1.54. The van der Waals surface area contributed by atoms with Crippen molar-refractivity contribution in [2.24, 2.45) is 0 Å². The van der Waals surface area contributed by atoms with Crippen LogP contribution in [0.2, 0.25) is 0 Å². The van der Waals surface area contributed by atoms with Gasteiger partial charge in [-0.2, -0.15) is 13.2 Å². The summed E-state index contributed by atoms with van der Waals surface area (Å²) in [5.41, 5.74) is 0.368. The van der Waals surface area contributed by atoms with Crippen molar-refractivity contribution in [3.8, 4) is 11.3 Å². The maximum absolute atomic E-state index is 12.4. The number of aromatic nitrogens is 2. The molecule has 2 aromatic rings. The summed E-state index contributed by atoms with van der Waals surface area (Å²) < 4.78 is 37.2. The molecule has 1 aromatic heterocycles.